The van der Waals surface area contributed by atoms with E-state index in [4.69, 9.17) is 0 Å². The minimum Gasteiger partial charge on any atom is -0.388 e. The quantitative estimate of drug-likeness (QED) is 0.126. The third-order valence-corrected chi connectivity index (χ3v) is 10.0. The van der Waals surface area contributed by atoms with Crippen LogP contribution in [-0.2, 0) is 12.4 Å². The zero-order chi connectivity index (χ0) is 35.8. The molecular weight excluding hydrogens is 666 g/mol. The van der Waals surface area contributed by atoms with Crippen LogP contribution in [0.3, 0.4) is 0 Å². The molecular formula is C40H38F6N4O. The Morgan fingerprint density at radius 3 is 1.75 bits per heavy atom. The lowest BCUT2D eigenvalue weighted by Crippen LogP contribution is -2.35. The summed E-state index contributed by atoms with van der Waals surface area (Å²) in [6.07, 6.45) is -3.58. The van der Waals surface area contributed by atoms with Gasteiger partial charge in [0.2, 0.25) is 0 Å². The molecule has 2 fully saturated rings. The zero-order valence-corrected chi connectivity index (χ0v) is 27.8. The first-order valence-corrected chi connectivity index (χ1v) is 17.4. The van der Waals surface area contributed by atoms with Gasteiger partial charge in [-0.25, -0.2) is 9.97 Å². The largest absolute Gasteiger partial charge is 0.433 e. The Morgan fingerprint density at radius 2 is 1.18 bits per heavy atom. The van der Waals surface area contributed by atoms with Crippen LogP contribution in [0.5, 0.6) is 0 Å². The highest BCUT2D eigenvalue weighted by molar-refractivity contribution is 6.07. The van der Waals surface area contributed by atoms with Gasteiger partial charge < -0.3 is 15.7 Å². The van der Waals surface area contributed by atoms with E-state index in [1.165, 1.54) is 6.07 Å². The van der Waals surface area contributed by atoms with E-state index >= 15 is 0 Å². The van der Waals surface area contributed by atoms with Crippen LogP contribution in [0.2, 0.25) is 0 Å². The van der Waals surface area contributed by atoms with Gasteiger partial charge in [-0.3, -0.25) is 0 Å². The van der Waals surface area contributed by atoms with E-state index in [1.807, 2.05) is 54.6 Å². The second-order valence-electron chi connectivity index (χ2n) is 13.5. The van der Waals surface area contributed by atoms with Gasteiger partial charge in [0.1, 0.15) is 11.4 Å². The lowest BCUT2D eigenvalue weighted by atomic mass is 9.92. The zero-order valence-electron chi connectivity index (χ0n) is 27.8. The van der Waals surface area contributed by atoms with Crippen molar-refractivity contribution in [1.29, 1.82) is 0 Å². The van der Waals surface area contributed by atoms with Crippen molar-refractivity contribution in [3.05, 3.63) is 107 Å². The van der Waals surface area contributed by atoms with Crippen molar-refractivity contribution in [2.75, 3.05) is 13.1 Å². The topological polar surface area (TPSA) is 70.1 Å². The number of halogens is 6. The predicted molar refractivity (Wildman–Crippen MR) is 188 cm³/mol. The van der Waals surface area contributed by atoms with Crippen molar-refractivity contribution < 1.29 is 31.4 Å². The molecule has 5 nitrogen and oxygen atoms in total. The van der Waals surface area contributed by atoms with Crippen molar-refractivity contribution in [3.63, 3.8) is 0 Å². The maximum atomic E-state index is 13.5. The Labute approximate surface area is 291 Å². The minimum absolute atomic E-state index is 0.0495. The fourth-order valence-electron chi connectivity index (χ4n) is 7.47. The average Bonchev–Trinajstić information content (AvgIpc) is 3.14. The number of hydrogen-bond acceptors (Lipinski definition) is 5. The summed E-state index contributed by atoms with van der Waals surface area (Å²) in [6, 6.07) is 24.5. The van der Waals surface area contributed by atoms with Crippen LogP contribution in [0.15, 0.2) is 84.9 Å². The van der Waals surface area contributed by atoms with E-state index < -0.39 is 29.8 Å². The Kier molecular flexibility index (Phi) is 9.88. The van der Waals surface area contributed by atoms with Crippen molar-refractivity contribution in [3.8, 4) is 0 Å². The lowest BCUT2D eigenvalue weighted by Gasteiger charge is -2.26. The Morgan fingerprint density at radius 1 is 0.627 bits per heavy atom. The molecule has 3 atom stereocenters. The maximum absolute atomic E-state index is 13.5. The smallest absolute Gasteiger partial charge is 0.388 e. The molecule has 0 saturated carbocycles. The number of benzene rings is 4. The summed E-state index contributed by atoms with van der Waals surface area (Å²) < 4.78 is 80.5. The predicted octanol–water partition coefficient (Wildman–Crippen LogP) is 10.2. The van der Waals surface area contributed by atoms with Crippen molar-refractivity contribution in [1.82, 2.24) is 20.6 Å². The molecule has 8 rings (SSSR count). The first kappa shape index (κ1) is 35.1. The van der Waals surface area contributed by atoms with Crippen molar-refractivity contribution in [2.24, 2.45) is 0 Å². The van der Waals surface area contributed by atoms with E-state index in [2.05, 4.69) is 20.6 Å². The van der Waals surface area contributed by atoms with Crippen LogP contribution < -0.4 is 10.6 Å². The summed E-state index contributed by atoms with van der Waals surface area (Å²) in [4.78, 5) is 7.89. The van der Waals surface area contributed by atoms with Gasteiger partial charge in [-0.1, -0.05) is 85.6 Å². The fraction of sp³-hybridized carbons (Fsp3) is 0.350. The van der Waals surface area contributed by atoms with Crippen molar-refractivity contribution in [2.45, 2.75) is 75.5 Å². The number of piperidine rings is 2. The molecule has 0 amide bonds. The van der Waals surface area contributed by atoms with Gasteiger partial charge in [0.05, 0.1) is 17.1 Å². The van der Waals surface area contributed by atoms with Crippen LogP contribution in [0.4, 0.5) is 26.3 Å². The Hall–Kier alpha value is -4.32. The molecule has 0 radical (unpaired) electrons. The van der Waals surface area contributed by atoms with Crippen LogP contribution in [0, 0.1) is 0 Å². The average molecular weight is 705 g/mol. The molecule has 2 aliphatic heterocycles. The standard InChI is InChI=1S/C21H21F3N2O.C19H17F3N2/c22-21(23,24)19-12-17(18(27)11-14-6-3-4-10-25-14)16-9-8-13-5-1-2-7-15(13)20(16)26-19;20-19(21,22)17-11-15(16-7-3-4-10-23-16)14-9-8-12-5-1-2-6-13(12)18(14)24-17/h1-2,5,7-9,12,14,18,25,27H,3-4,6,10-11H2;1-2,5-6,8-9,11,16,23H,3-4,7,10H2. The molecule has 0 aliphatic carbocycles. The molecule has 3 N–H and O–H groups in total. The minimum atomic E-state index is -4.57. The highest BCUT2D eigenvalue weighted by atomic mass is 19.4. The molecule has 2 aromatic heterocycles. The number of hydrogen-bond donors (Lipinski definition) is 3. The van der Waals surface area contributed by atoms with Crippen LogP contribution >= 0.6 is 0 Å². The van der Waals surface area contributed by atoms with Gasteiger partial charge in [-0.05, 0) is 79.2 Å². The molecule has 0 spiro atoms. The number of aliphatic hydroxyl groups excluding tert-OH is 1. The van der Waals surface area contributed by atoms with Gasteiger partial charge in [-0.15, -0.1) is 0 Å². The molecule has 2 saturated heterocycles. The molecule has 4 heterocycles. The number of aliphatic hydroxyl groups is 1. The van der Waals surface area contributed by atoms with E-state index in [0.717, 1.165) is 79.2 Å². The summed E-state index contributed by atoms with van der Waals surface area (Å²) in [5.41, 5.74) is -0.0483. The Bertz CT molecular complexity index is 2170. The number of nitrogens with one attached hydrogen (secondary N) is 2. The number of aromatic nitrogens is 2. The molecule has 2 aliphatic rings. The van der Waals surface area contributed by atoms with Gasteiger partial charge in [-0.2, -0.15) is 26.3 Å². The molecule has 6 aromatic rings. The van der Waals surface area contributed by atoms with Gasteiger partial charge >= 0.3 is 12.4 Å². The first-order valence-electron chi connectivity index (χ1n) is 17.4. The molecule has 266 valence electrons. The number of alkyl halides is 6. The monoisotopic (exact) mass is 704 g/mol. The Balaban J connectivity index is 0.000000160. The van der Waals surface area contributed by atoms with Gasteiger partial charge in [0.15, 0.2) is 0 Å². The van der Waals surface area contributed by atoms with Gasteiger partial charge in [0, 0.05) is 33.6 Å². The highest BCUT2D eigenvalue weighted by Crippen LogP contribution is 2.39. The summed E-state index contributed by atoms with van der Waals surface area (Å²) in [7, 11) is 0. The second-order valence-corrected chi connectivity index (χ2v) is 13.5. The third-order valence-electron chi connectivity index (χ3n) is 10.0. The number of rotatable bonds is 4. The number of fused-ring (bicyclic) bond motifs is 6. The molecule has 51 heavy (non-hydrogen) atoms. The van der Waals surface area contributed by atoms with Crippen LogP contribution in [-0.4, -0.2) is 34.2 Å². The summed E-state index contributed by atoms with van der Waals surface area (Å²) in [5.74, 6) is 0. The number of nitrogens with zero attached hydrogens (tertiary/aromatic N) is 2. The first-order chi connectivity index (χ1) is 24.5. The highest BCUT2D eigenvalue weighted by Gasteiger charge is 2.36. The van der Waals surface area contributed by atoms with Crippen LogP contribution in [0.25, 0.3) is 43.4 Å². The van der Waals surface area contributed by atoms with Crippen LogP contribution in [0.1, 0.15) is 79.6 Å². The summed E-state index contributed by atoms with van der Waals surface area (Å²) in [6.45, 7) is 1.72. The van der Waals surface area contributed by atoms with Crippen molar-refractivity contribution >= 4 is 43.4 Å². The third kappa shape index (κ3) is 7.52. The SMILES string of the molecule is FC(F)(F)c1cc(C2CCCCN2)c2ccc3ccccc3c2n1.OC(CC1CCCCN1)c1cc(C(F)(F)F)nc2c1ccc1ccccc12. The fourth-order valence-corrected chi connectivity index (χ4v) is 7.47. The van der Waals surface area contributed by atoms with E-state index in [0.29, 0.717) is 33.8 Å². The van der Waals surface area contributed by atoms with Gasteiger partial charge in [0.25, 0.3) is 0 Å². The molecule has 3 unspecified atom stereocenters. The summed E-state index contributed by atoms with van der Waals surface area (Å²) >= 11 is 0. The maximum Gasteiger partial charge on any atom is 0.433 e. The molecule has 4 aromatic carbocycles. The lowest BCUT2D eigenvalue weighted by molar-refractivity contribution is -0.141. The van der Waals surface area contributed by atoms with E-state index in [9.17, 15) is 31.4 Å². The second kappa shape index (κ2) is 14.4. The van der Waals surface area contributed by atoms with E-state index in [1.54, 1.807) is 18.2 Å². The summed E-state index contributed by atoms with van der Waals surface area (Å²) in [5, 5.41) is 22.0. The van der Waals surface area contributed by atoms with E-state index in [-0.39, 0.29) is 17.6 Å². The molecule has 11 heteroatoms. The number of pyridine rings is 2. The normalized spacial score (nSPS) is 19.3. The molecule has 0 bridgehead atoms.